The number of benzene rings is 1. The van der Waals surface area contributed by atoms with Gasteiger partial charge in [-0.1, -0.05) is 12.1 Å². The number of nitrogens with two attached hydrogens (primary N) is 1. The largest absolute Gasteiger partial charge is 0.399 e. The standard InChI is InChI=1S/C16H17N3O/c1-10-7-13(8-11(2)18-10)15-9-16(20-19-15)12-3-5-14(17)6-4-12/h3-9,16,19H,17H2,1-2H3. The lowest BCUT2D eigenvalue weighted by Crippen LogP contribution is -2.08. The summed E-state index contributed by atoms with van der Waals surface area (Å²) < 4.78 is 0. The highest BCUT2D eigenvalue weighted by atomic mass is 16.7. The molecule has 3 rings (SSSR count). The highest BCUT2D eigenvalue weighted by molar-refractivity contribution is 5.66. The van der Waals surface area contributed by atoms with Gasteiger partial charge in [0.25, 0.3) is 0 Å². The maximum Gasteiger partial charge on any atom is 0.131 e. The maximum atomic E-state index is 5.70. The molecule has 1 aliphatic heterocycles. The van der Waals surface area contributed by atoms with E-state index in [1.807, 2.05) is 50.2 Å². The highest BCUT2D eigenvalue weighted by Gasteiger charge is 2.19. The van der Waals surface area contributed by atoms with Crippen LogP contribution in [0.4, 0.5) is 5.69 Å². The summed E-state index contributed by atoms with van der Waals surface area (Å²) in [7, 11) is 0. The van der Waals surface area contributed by atoms with Crippen molar-refractivity contribution in [2.75, 3.05) is 5.73 Å². The number of aryl methyl sites for hydroxylation is 2. The summed E-state index contributed by atoms with van der Waals surface area (Å²) in [6.45, 7) is 3.98. The monoisotopic (exact) mass is 267 g/mol. The molecule has 1 unspecified atom stereocenters. The Balaban J connectivity index is 1.89. The van der Waals surface area contributed by atoms with Crippen molar-refractivity contribution >= 4 is 11.4 Å². The molecule has 102 valence electrons. The van der Waals surface area contributed by atoms with E-state index in [2.05, 4.69) is 16.5 Å². The molecule has 0 amide bonds. The van der Waals surface area contributed by atoms with Gasteiger partial charge in [0.05, 0.1) is 5.70 Å². The van der Waals surface area contributed by atoms with Crippen molar-refractivity contribution in [3.8, 4) is 0 Å². The van der Waals surface area contributed by atoms with Crippen LogP contribution >= 0.6 is 0 Å². The SMILES string of the molecule is Cc1cc(C2=CC(c3ccc(N)cc3)ON2)cc(C)n1. The van der Waals surface area contributed by atoms with Gasteiger partial charge in [0.2, 0.25) is 0 Å². The predicted molar refractivity (Wildman–Crippen MR) is 79.5 cm³/mol. The minimum Gasteiger partial charge on any atom is -0.399 e. The summed E-state index contributed by atoms with van der Waals surface area (Å²) in [5.41, 5.74) is 14.6. The Kier molecular flexibility index (Phi) is 3.16. The molecule has 1 aliphatic rings. The molecule has 0 spiro atoms. The Morgan fingerprint density at radius 1 is 1.10 bits per heavy atom. The Hall–Kier alpha value is -2.33. The lowest BCUT2D eigenvalue weighted by Gasteiger charge is -2.08. The molecule has 0 radical (unpaired) electrons. The zero-order valence-electron chi connectivity index (χ0n) is 11.6. The molecule has 0 saturated heterocycles. The second-order valence-electron chi connectivity index (χ2n) is 5.03. The van der Waals surface area contributed by atoms with Crippen LogP contribution in [0, 0.1) is 13.8 Å². The number of nitrogen functional groups attached to an aromatic ring is 1. The molecule has 4 nitrogen and oxygen atoms in total. The number of hydrogen-bond acceptors (Lipinski definition) is 4. The summed E-state index contributed by atoms with van der Waals surface area (Å²) >= 11 is 0. The fraction of sp³-hybridized carbons (Fsp3) is 0.188. The van der Waals surface area contributed by atoms with Gasteiger partial charge in [-0.2, -0.15) is 0 Å². The summed E-state index contributed by atoms with van der Waals surface area (Å²) in [5.74, 6) is 0. The average Bonchev–Trinajstić information content (AvgIpc) is 2.88. The van der Waals surface area contributed by atoms with Crippen molar-refractivity contribution in [3.63, 3.8) is 0 Å². The van der Waals surface area contributed by atoms with E-state index in [0.29, 0.717) is 0 Å². The number of anilines is 1. The number of nitrogens with one attached hydrogen (secondary N) is 1. The van der Waals surface area contributed by atoms with Crippen molar-refractivity contribution in [3.05, 3.63) is 65.0 Å². The third-order valence-electron chi connectivity index (χ3n) is 3.27. The van der Waals surface area contributed by atoms with Gasteiger partial charge in [0.15, 0.2) is 0 Å². The van der Waals surface area contributed by atoms with Crippen molar-refractivity contribution in [2.45, 2.75) is 20.0 Å². The van der Waals surface area contributed by atoms with Crippen LogP contribution in [0.5, 0.6) is 0 Å². The lowest BCUT2D eigenvalue weighted by atomic mass is 10.1. The van der Waals surface area contributed by atoms with E-state index in [-0.39, 0.29) is 6.10 Å². The van der Waals surface area contributed by atoms with Gasteiger partial charge in [-0.25, -0.2) is 0 Å². The van der Waals surface area contributed by atoms with Gasteiger partial charge >= 0.3 is 0 Å². The minimum atomic E-state index is -0.0978. The number of pyridine rings is 1. The first-order valence-corrected chi connectivity index (χ1v) is 6.56. The van der Waals surface area contributed by atoms with Crippen LogP contribution in [-0.4, -0.2) is 4.98 Å². The number of rotatable bonds is 2. The molecule has 20 heavy (non-hydrogen) atoms. The summed E-state index contributed by atoms with van der Waals surface area (Å²) in [6.07, 6.45) is 1.97. The van der Waals surface area contributed by atoms with Crippen molar-refractivity contribution in [2.24, 2.45) is 0 Å². The lowest BCUT2D eigenvalue weighted by molar-refractivity contribution is 0.0511. The maximum absolute atomic E-state index is 5.70. The molecule has 0 aliphatic carbocycles. The van der Waals surface area contributed by atoms with Crippen LogP contribution in [0.25, 0.3) is 5.70 Å². The molecule has 3 N–H and O–H groups in total. The van der Waals surface area contributed by atoms with Gasteiger partial charge in [0.1, 0.15) is 6.10 Å². The molecule has 1 atom stereocenters. The Bertz CT molecular complexity index is 642. The summed E-state index contributed by atoms with van der Waals surface area (Å²) in [6, 6.07) is 11.8. The van der Waals surface area contributed by atoms with E-state index in [9.17, 15) is 0 Å². The second-order valence-corrected chi connectivity index (χ2v) is 5.03. The van der Waals surface area contributed by atoms with Gasteiger partial charge < -0.3 is 5.73 Å². The van der Waals surface area contributed by atoms with Crippen LogP contribution in [0.1, 0.15) is 28.6 Å². The Morgan fingerprint density at radius 2 is 1.75 bits per heavy atom. The first kappa shape index (κ1) is 12.7. The molecule has 0 bridgehead atoms. The van der Waals surface area contributed by atoms with Crippen LogP contribution in [0.15, 0.2) is 42.5 Å². The number of hydroxylamine groups is 1. The van der Waals surface area contributed by atoms with E-state index in [1.165, 1.54) is 0 Å². The zero-order valence-corrected chi connectivity index (χ0v) is 11.6. The molecule has 2 heterocycles. The van der Waals surface area contributed by atoms with Crippen LogP contribution < -0.4 is 11.2 Å². The second kappa shape index (κ2) is 4.98. The first-order chi connectivity index (χ1) is 9.61. The Labute approximate surface area is 118 Å². The molecule has 4 heteroatoms. The molecule has 1 aromatic carbocycles. The fourth-order valence-electron chi connectivity index (χ4n) is 2.34. The van der Waals surface area contributed by atoms with E-state index in [0.717, 1.165) is 33.9 Å². The first-order valence-electron chi connectivity index (χ1n) is 6.56. The average molecular weight is 267 g/mol. The van der Waals surface area contributed by atoms with E-state index >= 15 is 0 Å². The van der Waals surface area contributed by atoms with Crippen LogP contribution in [0.3, 0.4) is 0 Å². The third kappa shape index (κ3) is 2.51. The third-order valence-corrected chi connectivity index (χ3v) is 3.27. The fourth-order valence-corrected chi connectivity index (χ4v) is 2.34. The highest BCUT2D eigenvalue weighted by Crippen LogP contribution is 2.29. The number of aromatic nitrogens is 1. The molecule has 2 aromatic rings. The Morgan fingerprint density at radius 3 is 2.40 bits per heavy atom. The van der Waals surface area contributed by atoms with E-state index in [1.54, 1.807) is 0 Å². The molecule has 1 aromatic heterocycles. The number of nitrogens with zero attached hydrogens (tertiary/aromatic N) is 1. The normalized spacial score (nSPS) is 17.7. The van der Waals surface area contributed by atoms with Crippen LogP contribution in [-0.2, 0) is 4.84 Å². The quantitative estimate of drug-likeness (QED) is 0.821. The van der Waals surface area contributed by atoms with Crippen LogP contribution in [0.2, 0.25) is 0 Å². The molecular formula is C16H17N3O. The van der Waals surface area contributed by atoms with Gasteiger partial charge in [0, 0.05) is 22.6 Å². The summed E-state index contributed by atoms with van der Waals surface area (Å²) in [4.78, 5) is 10.0. The molecule has 0 saturated carbocycles. The van der Waals surface area contributed by atoms with Gasteiger partial charge in [-0.3, -0.25) is 15.3 Å². The molecule has 0 fully saturated rings. The molecular weight excluding hydrogens is 250 g/mol. The minimum absolute atomic E-state index is 0.0978. The zero-order chi connectivity index (χ0) is 14.1. The topological polar surface area (TPSA) is 60.2 Å². The van der Waals surface area contributed by atoms with Crippen molar-refractivity contribution < 1.29 is 4.84 Å². The smallest absolute Gasteiger partial charge is 0.131 e. The summed E-state index contributed by atoms with van der Waals surface area (Å²) in [5, 5.41) is 0. The van der Waals surface area contributed by atoms with E-state index in [4.69, 9.17) is 10.6 Å². The number of hydrogen-bond donors (Lipinski definition) is 2. The predicted octanol–water partition coefficient (Wildman–Crippen LogP) is 2.90. The van der Waals surface area contributed by atoms with Crippen molar-refractivity contribution in [1.29, 1.82) is 0 Å². The van der Waals surface area contributed by atoms with Gasteiger partial charge in [-0.15, -0.1) is 0 Å². The van der Waals surface area contributed by atoms with Crippen molar-refractivity contribution in [1.82, 2.24) is 10.5 Å². The van der Waals surface area contributed by atoms with Gasteiger partial charge in [-0.05, 0) is 49.8 Å². The van der Waals surface area contributed by atoms with E-state index < -0.39 is 0 Å².